The minimum Gasteiger partial charge on any atom is -0.484 e. The summed E-state index contributed by atoms with van der Waals surface area (Å²) in [6.07, 6.45) is 4.13. The highest BCUT2D eigenvalue weighted by Crippen LogP contribution is 2.22. The molecule has 0 fully saturated rings. The second kappa shape index (κ2) is 9.33. The molecule has 2 heterocycles. The number of nitrogens with zero attached hydrogens (tertiary/aromatic N) is 3. The Balaban J connectivity index is 1.44. The summed E-state index contributed by atoms with van der Waals surface area (Å²) in [5.74, 6) is 1.70. The van der Waals surface area contributed by atoms with Crippen molar-refractivity contribution in [2.45, 2.75) is 6.42 Å². The highest BCUT2D eigenvalue weighted by Gasteiger charge is 2.10. The van der Waals surface area contributed by atoms with Gasteiger partial charge in [0.25, 0.3) is 5.91 Å². The Morgan fingerprint density at radius 1 is 0.926 bits per heavy atom. The van der Waals surface area contributed by atoms with E-state index in [9.17, 15) is 4.79 Å². The molecule has 0 bridgehead atoms. The SMILES string of the molecule is CN(CCc1ccccn1)C(=O)COc1ccc(Oc2ccccn2)cc1. The van der Waals surface area contributed by atoms with Gasteiger partial charge in [-0.05, 0) is 42.5 Å². The number of amides is 1. The molecule has 0 saturated carbocycles. The molecule has 0 N–H and O–H groups in total. The van der Waals surface area contributed by atoms with Crippen LogP contribution >= 0.6 is 0 Å². The van der Waals surface area contributed by atoms with Crippen molar-refractivity contribution in [2.75, 3.05) is 20.2 Å². The van der Waals surface area contributed by atoms with Gasteiger partial charge in [-0.15, -0.1) is 0 Å². The molecule has 3 rings (SSSR count). The molecule has 0 unspecified atom stereocenters. The highest BCUT2D eigenvalue weighted by atomic mass is 16.5. The molecule has 0 aliphatic carbocycles. The van der Waals surface area contributed by atoms with Crippen molar-refractivity contribution in [3.8, 4) is 17.4 Å². The van der Waals surface area contributed by atoms with Crippen molar-refractivity contribution < 1.29 is 14.3 Å². The zero-order chi connectivity index (χ0) is 18.9. The average Bonchev–Trinajstić information content (AvgIpc) is 2.73. The summed E-state index contributed by atoms with van der Waals surface area (Å²) in [5, 5.41) is 0. The number of rotatable bonds is 8. The third-order valence-electron chi connectivity index (χ3n) is 3.90. The molecule has 0 aliphatic rings. The topological polar surface area (TPSA) is 64.6 Å². The summed E-state index contributed by atoms with van der Waals surface area (Å²) in [4.78, 5) is 22.2. The third-order valence-corrected chi connectivity index (χ3v) is 3.90. The van der Waals surface area contributed by atoms with E-state index in [1.807, 2.05) is 30.3 Å². The first-order valence-corrected chi connectivity index (χ1v) is 8.66. The molecule has 27 heavy (non-hydrogen) atoms. The van der Waals surface area contributed by atoms with Crippen molar-refractivity contribution in [1.82, 2.24) is 14.9 Å². The van der Waals surface area contributed by atoms with Crippen LogP contribution in [0.2, 0.25) is 0 Å². The van der Waals surface area contributed by atoms with Crippen LogP contribution < -0.4 is 9.47 Å². The molecule has 0 radical (unpaired) electrons. The molecule has 1 amide bonds. The lowest BCUT2D eigenvalue weighted by Gasteiger charge is -2.17. The van der Waals surface area contributed by atoms with Crippen molar-refractivity contribution >= 4 is 5.91 Å². The summed E-state index contributed by atoms with van der Waals surface area (Å²) < 4.78 is 11.2. The van der Waals surface area contributed by atoms with Crippen LogP contribution in [-0.4, -0.2) is 41.0 Å². The Labute approximate surface area is 158 Å². The van der Waals surface area contributed by atoms with Crippen LogP contribution in [0.5, 0.6) is 17.4 Å². The standard InChI is InChI=1S/C21H21N3O3/c1-24(15-12-17-6-2-4-13-22-17)21(25)16-26-18-8-10-19(11-9-18)27-20-7-3-5-14-23-20/h2-11,13-14H,12,15-16H2,1H3. The Hall–Kier alpha value is -3.41. The number of benzene rings is 1. The maximum absolute atomic E-state index is 12.2. The number of carbonyl (C=O) groups excluding carboxylic acids is 1. The van der Waals surface area contributed by atoms with Crippen molar-refractivity contribution in [2.24, 2.45) is 0 Å². The first kappa shape index (κ1) is 18.4. The lowest BCUT2D eigenvalue weighted by atomic mass is 10.2. The van der Waals surface area contributed by atoms with Gasteiger partial charge in [0.1, 0.15) is 11.5 Å². The normalized spacial score (nSPS) is 10.3. The molecular formula is C21H21N3O3. The molecule has 3 aromatic rings. The zero-order valence-electron chi connectivity index (χ0n) is 15.1. The average molecular weight is 363 g/mol. The smallest absolute Gasteiger partial charge is 0.260 e. The van der Waals surface area contributed by atoms with Crippen LogP contribution in [0.25, 0.3) is 0 Å². The zero-order valence-corrected chi connectivity index (χ0v) is 15.1. The molecule has 0 aliphatic heterocycles. The lowest BCUT2D eigenvalue weighted by molar-refractivity contribution is -0.132. The fraction of sp³-hybridized carbons (Fsp3) is 0.190. The third kappa shape index (κ3) is 5.81. The van der Waals surface area contributed by atoms with Gasteiger partial charge < -0.3 is 14.4 Å². The van der Waals surface area contributed by atoms with Crippen LogP contribution in [0.4, 0.5) is 0 Å². The van der Waals surface area contributed by atoms with E-state index in [0.29, 0.717) is 30.3 Å². The minimum atomic E-state index is -0.0836. The van der Waals surface area contributed by atoms with Gasteiger partial charge in [0.2, 0.25) is 5.88 Å². The van der Waals surface area contributed by atoms with Crippen LogP contribution in [0.1, 0.15) is 5.69 Å². The molecule has 1 aromatic carbocycles. The Morgan fingerprint density at radius 3 is 2.30 bits per heavy atom. The van der Waals surface area contributed by atoms with Crippen molar-refractivity contribution in [3.63, 3.8) is 0 Å². The molecule has 0 atom stereocenters. The Kier molecular flexibility index (Phi) is 6.35. The fourth-order valence-electron chi connectivity index (χ4n) is 2.34. The van der Waals surface area contributed by atoms with Crippen molar-refractivity contribution in [1.29, 1.82) is 0 Å². The van der Waals surface area contributed by atoms with Gasteiger partial charge in [0.15, 0.2) is 6.61 Å². The highest BCUT2D eigenvalue weighted by molar-refractivity contribution is 5.77. The summed E-state index contributed by atoms with van der Waals surface area (Å²) in [5.41, 5.74) is 0.960. The van der Waals surface area contributed by atoms with E-state index in [4.69, 9.17) is 9.47 Å². The van der Waals surface area contributed by atoms with Gasteiger partial charge in [0.05, 0.1) is 0 Å². The van der Waals surface area contributed by atoms with Gasteiger partial charge in [-0.2, -0.15) is 0 Å². The van der Waals surface area contributed by atoms with Gasteiger partial charge in [-0.1, -0.05) is 12.1 Å². The van der Waals surface area contributed by atoms with E-state index in [0.717, 1.165) is 5.69 Å². The number of likely N-dealkylation sites (N-methyl/N-ethyl adjacent to an activating group) is 1. The predicted octanol–water partition coefficient (Wildman–Crippen LogP) is 3.35. The predicted molar refractivity (Wildman–Crippen MR) is 102 cm³/mol. The largest absolute Gasteiger partial charge is 0.484 e. The second-order valence-electron chi connectivity index (χ2n) is 5.92. The number of aromatic nitrogens is 2. The lowest BCUT2D eigenvalue weighted by Crippen LogP contribution is -2.33. The van der Waals surface area contributed by atoms with Crippen molar-refractivity contribution in [3.05, 3.63) is 78.8 Å². The molecule has 138 valence electrons. The van der Waals surface area contributed by atoms with E-state index in [1.165, 1.54) is 0 Å². The number of hydrogen-bond acceptors (Lipinski definition) is 5. The van der Waals surface area contributed by atoms with Gasteiger partial charge in [0, 0.05) is 44.2 Å². The number of pyridine rings is 2. The maximum Gasteiger partial charge on any atom is 0.260 e. The fourth-order valence-corrected chi connectivity index (χ4v) is 2.34. The number of ether oxygens (including phenoxy) is 2. The van der Waals surface area contributed by atoms with E-state index in [1.54, 1.807) is 54.7 Å². The summed E-state index contributed by atoms with van der Waals surface area (Å²) in [6.45, 7) is 0.579. The Morgan fingerprint density at radius 2 is 1.63 bits per heavy atom. The van der Waals surface area contributed by atoms with E-state index in [-0.39, 0.29) is 12.5 Å². The Bertz CT molecular complexity index is 840. The number of hydrogen-bond donors (Lipinski definition) is 0. The van der Waals surface area contributed by atoms with E-state index < -0.39 is 0 Å². The molecule has 0 spiro atoms. The molecule has 0 saturated heterocycles. The van der Waals surface area contributed by atoms with Crippen LogP contribution in [0.3, 0.4) is 0 Å². The molecule has 6 heteroatoms. The monoisotopic (exact) mass is 363 g/mol. The van der Waals surface area contributed by atoms with Gasteiger partial charge in [-0.25, -0.2) is 4.98 Å². The minimum absolute atomic E-state index is 0.0147. The van der Waals surface area contributed by atoms with Crippen LogP contribution in [0, 0.1) is 0 Å². The van der Waals surface area contributed by atoms with Gasteiger partial charge >= 0.3 is 0 Å². The van der Waals surface area contributed by atoms with E-state index >= 15 is 0 Å². The van der Waals surface area contributed by atoms with Gasteiger partial charge in [-0.3, -0.25) is 9.78 Å². The summed E-state index contributed by atoms with van der Waals surface area (Å²) >= 11 is 0. The first-order chi connectivity index (χ1) is 13.2. The van der Waals surface area contributed by atoms with E-state index in [2.05, 4.69) is 9.97 Å². The molecular weight excluding hydrogens is 342 g/mol. The summed E-state index contributed by atoms with van der Waals surface area (Å²) in [7, 11) is 1.76. The number of carbonyl (C=O) groups is 1. The van der Waals surface area contributed by atoms with Crippen LogP contribution in [-0.2, 0) is 11.2 Å². The molecule has 2 aromatic heterocycles. The quantitative estimate of drug-likeness (QED) is 0.614. The molecule has 6 nitrogen and oxygen atoms in total. The summed E-state index contributed by atoms with van der Waals surface area (Å²) in [6, 6.07) is 18.3. The first-order valence-electron chi connectivity index (χ1n) is 8.66. The van der Waals surface area contributed by atoms with Crippen LogP contribution in [0.15, 0.2) is 73.1 Å². The maximum atomic E-state index is 12.2. The second-order valence-corrected chi connectivity index (χ2v) is 5.92.